The van der Waals surface area contributed by atoms with Gasteiger partial charge in [-0.15, -0.1) is 0 Å². The van der Waals surface area contributed by atoms with E-state index in [1.165, 1.54) is 24.3 Å². The van der Waals surface area contributed by atoms with Crippen LogP contribution in [-0.2, 0) is 6.54 Å². The maximum Gasteiger partial charge on any atom is 0.269 e. The molecule has 3 aromatic rings. The number of amides is 1. The molecule has 0 bridgehead atoms. The van der Waals surface area contributed by atoms with Crippen molar-refractivity contribution in [3.05, 3.63) is 88.5 Å². The summed E-state index contributed by atoms with van der Waals surface area (Å²) in [6.07, 6.45) is 5.34. The second kappa shape index (κ2) is 6.74. The average Bonchev–Trinajstić information content (AvgIpc) is 3.09. The highest BCUT2D eigenvalue weighted by atomic mass is 16.6. The van der Waals surface area contributed by atoms with E-state index in [4.69, 9.17) is 0 Å². The molecule has 0 aliphatic carbocycles. The van der Waals surface area contributed by atoms with Crippen LogP contribution in [0.4, 0.5) is 11.4 Å². The lowest BCUT2D eigenvalue weighted by Gasteiger charge is -2.07. The second-order valence-electron chi connectivity index (χ2n) is 5.19. The van der Waals surface area contributed by atoms with Crippen molar-refractivity contribution in [1.82, 2.24) is 9.55 Å². The van der Waals surface area contributed by atoms with E-state index < -0.39 is 4.92 Å². The van der Waals surface area contributed by atoms with Crippen molar-refractivity contribution in [1.29, 1.82) is 0 Å². The number of nitro groups is 1. The molecule has 0 atom stereocenters. The van der Waals surface area contributed by atoms with Gasteiger partial charge < -0.3 is 9.88 Å². The minimum atomic E-state index is -0.499. The van der Waals surface area contributed by atoms with Crippen LogP contribution in [0.15, 0.2) is 67.3 Å². The number of carbonyl (C=O) groups is 1. The van der Waals surface area contributed by atoms with Crippen molar-refractivity contribution in [2.24, 2.45) is 0 Å². The first-order chi connectivity index (χ1) is 11.6. The fraction of sp³-hybridized carbons (Fsp3) is 0.0588. The topological polar surface area (TPSA) is 90.1 Å². The highest BCUT2D eigenvalue weighted by Gasteiger charge is 2.09. The van der Waals surface area contributed by atoms with Gasteiger partial charge in [0.1, 0.15) is 0 Å². The third-order valence-corrected chi connectivity index (χ3v) is 3.48. The molecule has 2 aromatic carbocycles. The number of aromatic nitrogens is 2. The summed E-state index contributed by atoms with van der Waals surface area (Å²) in [5, 5.41) is 13.4. The zero-order valence-electron chi connectivity index (χ0n) is 12.6. The van der Waals surface area contributed by atoms with Gasteiger partial charge in [-0.05, 0) is 29.8 Å². The van der Waals surface area contributed by atoms with Crippen LogP contribution in [0.1, 0.15) is 15.9 Å². The molecule has 1 heterocycles. The molecule has 120 valence electrons. The lowest BCUT2D eigenvalue weighted by atomic mass is 10.1. The number of benzene rings is 2. The molecule has 7 nitrogen and oxygen atoms in total. The summed E-state index contributed by atoms with van der Waals surface area (Å²) < 4.78 is 1.95. The molecule has 3 rings (SSSR count). The van der Waals surface area contributed by atoms with Crippen LogP contribution in [0.25, 0.3) is 0 Å². The Morgan fingerprint density at radius 1 is 1.12 bits per heavy atom. The predicted molar refractivity (Wildman–Crippen MR) is 88.8 cm³/mol. The van der Waals surface area contributed by atoms with Crippen LogP contribution < -0.4 is 5.32 Å². The number of imidazole rings is 1. The molecule has 0 saturated heterocycles. The molecular formula is C17H14N4O3. The number of hydrogen-bond acceptors (Lipinski definition) is 4. The number of hydrogen-bond donors (Lipinski definition) is 1. The third-order valence-electron chi connectivity index (χ3n) is 3.48. The van der Waals surface area contributed by atoms with Crippen LogP contribution in [0.5, 0.6) is 0 Å². The largest absolute Gasteiger partial charge is 0.333 e. The van der Waals surface area contributed by atoms with Crippen molar-refractivity contribution < 1.29 is 9.72 Å². The van der Waals surface area contributed by atoms with Crippen molar-refractivity contribution in [2.45, 2.75) is 6.54 Å². The van der Waals surface area contributed by atoms with Crippen LogP contribution >= 0.6 is 0 Å². The van der Waals surface area contributed by atoms with E-state index in [9.17, 15) is 14.9 Å². The Kier molecular flexibility index (Phi) is 4.33. The van der Waals surface area contributed by atoms with Gasteiger partial charge in [-0.3, -0.25) is 14.9 Å². The van der Waals surface area contributed by atoms with Gasteiger partial charge in [0.2, 0.25) is 0 Å². The molecule has 0 saturated carbocycles. The van der Waals surface area contributed by atoms with Crippen molar-refractivity contribution >= 4 is 17.3 Å². The van der Waals surface area contributed by atoms with Gasteiger partial charge in [0.15, 0.2) is 0 Å². The van der Waals surface area contributed by atoms with E-state index >= 15 is 0 Å². The van der Waals surface area contributed by atoms with Gasteiger partial charge in [-0.25, -0.2) is 4.98 Å². The number of nitrogens with zero attached hydrogens (tertiary/aromatic N) is 3. The fourth-order valence-corrected chi connectivity index (χ4v) is 2.22. The maximum absolute atomic E-state index is 12.1. The first-order valence-electron chi connectivity index (χ1n) is 7.22. The lowest BCUT2D eigenvalue weighted by molar-refractivity contribution is -0.384. The number of nitro benzene ring substituents is 1. The lowest BCUT2D eigenvalue weighted by Crippen LogP contribution is -2.11. The van der Waals surface area contributed by atoms with E-state index in [0.29, 0.717) is 17.8 Å². The SMILES string of the molecule is O=C(Nc1ccc(Cn2ccnc2)cc1)c1ccc([N+](=O)[O-])cc1. The second-order valence-corrected chi connectivity index (χ2v) is 5.19. The Balaban J connectivity index is 1.64. The Morgan fingerprint density at radius 3 is 2.42 bits per heavy atom. The smallest absolute Gasteiger partial charge is 0.269 e. The summed E-state index contributed by atoms with van der Waals surface area (Å²) in [7, 11) is 0. The van der Waals surface area contributed by atoms with Crippen LogP contribution in [-0.4, -0.2) is 20.4 Å². The normalized spacial score (nSPS) is 10.3. The average molecular weight is 322 g/mol. The molecule has 0 unspecified atom stereocenters. The summed E-state index contributed by atoms with van der Waals surface area (Å²) in [5.74, 6) is -0.313. The van der Waals surface area contributed by atoms with E-state index in [-0.39, 0.29) is 11.6 Å². The van der Waals surface area contributed by atoms with Gasteiger partial charge in [0.05, 0.1) is 11.3 Å². The highest BCUT2D eigenvalue weighted by Crippen LogP contribution is 2.15. The predicted octanol–water partition coefficient (Wildman–Crippen LogP) is 3.09. The fourth-order valence-electron chi connectivity index (χ4n) is 2.22. The zero-order valence-corrected chi connectivity index (χ0v) is 12.6. The summed E-state index contributed by atoms with van der Waals surface area (Å²) >= 11 is 0. The minimum Gasteiger partial charge on any atom is -0.333 e. The molecule has 0 aliphatic rings. The van der Waals surface area contributed by atoms with Gasteiger partial charge >= 0.3 is 0 Å². The number of non-ortho nitro benzene ring substituents is 1. The molecule has 24 heavy (non-hydrogen) atoms. The molecule has 0 aliphatic heterocycles. The van der Waals surface area contributed by atoms with Crippen molar-refractivity contribution in [3.63, 3.8) is 0 Å². The molecule has 7 heteroatoms. The Morgan fingerprint density at radius 2 is 1.83 bits per heavy atom. The molecule has 0 spiro atoms. The molecular weight excluding hydrogens is 308 g/mol. The molecule has 1 N–H and O–H groups in total. The van der Waals surface area contributed by atoms with Gasteiger partial charge in [-0.1, -0.05) is 12.1 Å². The number of anilines is 1. The Hall–Kier alpha value is -3.48. The summed E-state index contributed by atoms with van der Waals surface area (Å²) in [6, 6.07) is 13.0. The maximum atomic E-state index is 12.1. The molecule has 0 radical (unpaired) electrons. The van der Waals surface area contributed by atoms with E-state index in [1.54, 1.807) is 12.5 Å². The molecule has 1 amide bonds. The first-order valence-corrected chi connectivity index (χ1v) is 7.22. The quantitative estimate of drug-likeness (QED) is 0.577. The molecule has 1 aromatic heterocycles. The van der Waals surface area contributed by atoms with Crippen molar-refractivity contribution in [3.8, 4) is 0 Å². The number of rotatable bonds is 5. The molecule has 0 fully saturated rings. The third kappa shape index (κ3) is 3.64. The van der Waals surface area contributed by atoms with Crippen LogP contribution in [0.3, 0.4) is 0 Å². The standard InChI is InChI=1S/C17H14N4O3/c22-17(14-3-7-16(8-4-14)21(23)24)19-15-5-1-13(2-6-15)11-20-10-9-18-12-20/h1-10,12H,11H2,(H,19,22). The Labute approximate surface area is 137 Å². The highest BCUT2D eigenvalue weighted by molar-refractivity contribution is 6.04. The van der Waals surface area contributed by atoms with Gasteiger partial charge in [-0.2, -0.15) is 0 Å². The minimum absolute atomic E-state index is 0.0459. The summed E-state index contributed by atoms with van der Waals surface area (Å²) in [4.78, 5) is 26.3. The van der Waals surface area contributed by atoms with Gasteiger partial charge in [0, 0.05) is 42.3 Å². The Bertz CT molecular complexity index is 841. The monoisotopic (exact) mass is 322 g/mol. The van der Waals surface area contributed by atoms with E-state index in [0.717, 1.165) is 5.56 Å². The number of nitrogens with one attached hydrogen (secondary N) is 1. The summed E-state index contributed by atoms with van der Waals surface area (Å²) in [6.45, 7) is 0.705. The van der Waals surface area contributed by atoms with E-state index in [1.807, 2.05) is 35.0 Å². The van der Waals surface area contributed by atoms with E-state index in [2.05, 4.69) is 10.3 Å². The van der Waals surface area contributed by atoms with Crippen molar-refractivity contribution in [2.75, 3.05) is 5.32 Å². The zero-order chi connectivity index (χ0) is 16.9. The first kappa shape index (κ1) is 15.4. The van der Waals surface area contributed by atoms with Crippen LogP contribution in [0, 0.1) is 10.1 Å². The van der Waals surface area contributed by atoms with Crippen LogP contribution in [0.2, 0.25) is 0 Å². The number of carbonyl (C=O) groups excluding carboxylic acids is 1. The summed E-state index contributed by atoms with van der Waals surface area (Å²) in [5.41, 5.74) is 2.06. The van der Waals surface area contributed by atoms with Gasteiger partial charge in [0.25, 0.3) is 11.6 Å².